The number of carboxylic acid groups (broad SMARTS) is 1. The number of hydrogen-bond donors (Lipinski definition) is 1. The summed E-state index contributed by atoms with van der Waals surface area (Å²) in [6.45, 7) is 10.3. The summed E-state index contributed by atoms with van der Waals surface area (Å²) in [4.78, 5) is 11.5. The topological polar surface area (TPSA) is 37.3 Å². The number of hydrogen-bond acceptors (Lipinski definition) is 1. The van der Waals surface area contributed by atoms with E-state index in [9.17, 15) is 9.90 Å². The molecule has 0 aromatic rings. The monoisotopic (exact) mass is 214 g/mol. The minimum absolute atomic E-state index is 0.201. The fourth-order valence-corrected chi connectivity index (χ4v) is 2.51. The molecule has 2 nitrogen and oxygen atoms in total. The zero-order chi connectivity index (χ0) is 12.1. The molecular formula is C13H26O2. The summed E-state index contributed by atoms with van der Waals surface area (Å²) in [6.07, 6.45) is 4.12. The molecule has 90 valence electrons. The molecule has 0 aliphatic rings. The number of carboxylic acids is 1. The molecule has 0 aliphatic heterocycles. The summed E-state index contributed by atoms with van der Waals surface area (Å²) in [6, 6.07) is 0. The van der Waals surface area contributed by atoms with Crippen LogP contribution in [0.15, 0.2) is 0 Å². The van der Waals surface area contributed by atoms with Crippen LogP contribution in [0.3, 0.4) is 0 Å². The van der Waals surface area contributed by atoms with Gasteiger partial charge in [-0.1, -0.05) is 53.9 Å². The standard InChI is InChI=1S/C13H26O2/c1-6-7-8-9-13(10(2)3,11(4)5)12(14)15/h10-11H,6-9H2,1-5H3,(H,14,15). The molecule has 2 heteroatoms. The molecule has 0 saturated carbocycles. The van der Waals surface area contributed by atoms with Crippen molar-refractivity contribution in [3.63, 3.8) is 0 Å². The van der Waals surface area contributed by atoms with Crippen molar-refractivity contribution in [2.24, 2.45) is 17.3 Å². The Kier molecular flexibility index (Phi) is 5.92. The zero-order valence-corrected chi connectivity index (χ0v) is 10.8. The highest BCUT2D eigenvalue weighted by molar-refractivity contribution is 5.75. The van der Waals surface area contributed by atoms with Gasteiger partial charge in [0.2, 0.25) is 0 Å². The molecule has 0 aromatic heterocycles. The third-order valence-corrected chi connectivity index (χ3v) is 3.65. The van der Waals surface area contributed by atoms with Gasteiger partial charge in [0, 0.05) is 0 Å². The van der Waals surface area contributed by atoms with E-state index in [1.807, 2.05) is 27.7 Å². The van der Waals surface area contributed by atoms with Crippen molar-refractivity contribution in [2.75, 3.05) is 0 Å². The van der Waals surface area contributed by atoms with E-state index in [-0.39, 0.29) is 11.8 Å². The third kappa shape index (κ3) is 3.22. The fraction of sp³-hybridized carbons (Fsp3) is 0.923. The quantitative estimate of drug-likeness (QED) is 0.651. The van der Waals surface area contributed by atoms with E-state index in [4.69, 9.17) is 0 Å². The van der Waals surface area contributed by atoms with Crippen LogP contribution < -0.4 is 0 Å². The average Bonchev–Trinajstić information content (AvgIpc) is 2.10. The molecule has 0 spiro atoms. The number of rotatable bonds is 7. The Hall–Kier alpha value is -0.530. The van der Waals surface area contributed by atoms with Gasteiger partial charge in [0.15, 0.2) is 0 Å². The van der Waals surface area contributed by atoms with E-state index in [0.717, 1.165) is 25.7 Å². The van der Waals surface area contributed by atoms with Crippen molar-refractivity contribution in [1.82, 2.24) is 0 Å². The largest absolute Gasteiger partial charge is 0.481 e. The number of carbonyl (C=O) groups is 1. The molecule has 0 bridgehead atoms. The molecule has 15 heavy (non-hydrogen) atoms. The minimum Gasteiger partial charge on any atom is -0.481 e. The van der Waals surface area contributed by atoms with Crippen LogP contribution in [-0.2, 0) is 4.79 Å². The summed E-state index contributed by atoms with van der Waals surface area (Å²) >= 11 is 0. The minimum atomic E-state index is -0.622. The fourth-order valence-electron chi connectivity index (χ4n) is 2.51. The normalized spacial score (nSPS) is 12.5. The van der Waals surface area contributed by atoms with Gasteiger partial charge in [-0.15, -0.1) is 0 Å². The van der Waals surface area contributed by atoms with Gasteiger partial charge >= 0.3 is 5.97 Å². The Balaban J connectivity index is 4.73. The summed E-state index contributed by atoms with van der Waals surface area (Å²) < 4.78 is 0. The molecule has 0 radical (unpaired) electrons. The van der Waals surface area contributed by atoms with Gasteiger partial charge < -0.3 is 5.11 Å². The maximum Gasteiger partial charge on any atom is 0.310 e. The summed E-state index contributed by atoms with van der Waals surface area (Å²) in [5.74, 6) is -0.220. The first-order valence-electron chi connectivity index (χ1n) is 6.13. The smallest absolute Gasteiger partial charge is 0.310 e. The second kappa shape index (κ2) is 6.14. The molecular weight excluding hydrogens is 188 g/mol. The molecule has 0 aromatic carbocycles. The number of unbranched alkanes of at least 4 members (excludes halogenated alkanes) is 2. The molecule has 0 aliphatic carbocycles. The summed E-state index contributed by atoms with van der Waals surface area (Å²) in [5.41, 5.74) is -0.533. The van der Waals surface area contributed by atoms with Crippen molar-refractivity contribution >= 4 is 5.97 Å². The van der Waals surface area contributed by atoms with E-state index in [1.165, 1.54) is 0 Å². The van der Waals surface area contributed by atoms with Crippen LogP contribution in [0, 0.1) is 17.3 Å². The summed E-state index contributed by atoms with van der Waals surface area (Å²) in [7, 11) is 0. The lowest BCUT2D eigenvalue weighted by atomic mass is 9.66. The lowest BCUT2D eigenvalue weighted by Gasteiger charge is -2.37. The SMILES string of the molecule is CCCCCC(C(=O)O)(C(C)C)C(C)C. The Morgan fingerprint density at radius 1 is 1.13 bits per heavy atom. The van der Waals surface area contributed by atoms with Gasteiger partial charge in [-0.2, -0.15) is 0 Å². The van der Waals surface area contributed by atoms with Crippen molar-refractivity contribution in [1.29, 1.82) is 0 Å². The molecule has 0 fully saturated rings. The van der Waals surface area contributed by atoms with Crippen LogP contribution in [0.1, 0.15) is 60.3 Å². The van der Waals surface area contributed by atoms with E-state index in [2.05, 4.69) is 6.92 Å². The lowest BCUT2D eigenvalue weighted by Crippen LogP contribution is -2.41. The second-order valence-corrected chi connectivity index (χ2v) is 5.11. The van der Waals surface area contributed by atoms with Crippen molar-refractivity contribution in [2.45, 2.75) is 60.3 Å². The van der Waals surface area contributed by atoms with Gasteiger partial charge in [-0.3, -0.25) is 4.79 Å². The van der Waals surface area contributed by atoms with Crippen LogP contribution in [0.4, 0.5) is 0 Å². The zero-order valence-electron chi connectivity index (χ0n) is 10.8. The predicted molar refractivity (Wildman–Crippen MR) is 63.9 cm³/mol. The molecule has 0 unspecified atom stereocenters. The van der Waals surface area contributed by atoms with E-state index >= 15 is 0 Å². The Morgan fingerprint density at radius 3 is 1.87 bits per heavy atom. The van der Waals surface area contributed by atoms with Crippen LogP contribution in [-0.4, -0.2) is 11.1 Å². The average molecular weight is 214 g/mol. The molecule has 0 rings (SSSR count). The Bertz CT molecular complexity index is 187. The van der Waals surface area contributed by atoms with Crippen LogP contribution in [0.5, 0.6) is 0 Å². The second-order valence-electron chi connectivity index (χ2n) is 5.11. The van der Waals surface area contributed by atoms with Gasteiger partial charge in [0.1, 0.15) is 0 Å². The highest BCUT2D eigenvalue weighted by atomic mass is 16.4. The van der Waals surface area contributed by atoms with Crippen LogP contribution in [0.25, 0.3) is 0 Å². The van der Waals surface area contributed by atoms with Gasteiger partial charge in [0.05, 0.1) is 5.41 Å². The number of aliphatic carboxylic acids is 1. The summed E-state index contributed by atoms with van der Waals surface area (Å²) in [5, 5.41) is 9.46. The highest BCUT2D eigenvalue weighted by Crippen LogP contribution is 2.41. The van der Waals surface area contributed by atoms with Gasteiger partial charge in [-0.25, -0.2) is 0 Å². The van der Waals surface area contributed by atoms with E-state index in [1.54, 1.807) is 0 Å². The molecule has 0 heterocycles. The lowest BCUT2D eigenvalue weighted by molar-refractivity contribution is -0.156. The first-order chi connectivity index (χ1) is 6.89. The van der Waals surface area contributed by atoms with Gasteiger partial charge in [0.25, 0.3) is 0 Å². The molecule has 0 atom stereocenters. The first-order valence-corrected chi connectivity index (χ1v) is 6.13. The maximum atomic E-state index is 11.5. The third-order valence-electron chi connectivity index (χ3n) is 3.65. The van der Waals surface area contributed by atoms with Gasteiger partial charge in [-0.05, 0) is 18.3 Å². The molecule has 0 amide bonds. The van der Waals surface area contributed by atoms with E-state index in [0.29, 0.717) is 0 Å². The van der Waals surface area contributed by atoms with Crippen molar-refractivity contribution in [3.8, 4) is 0 Å². The first kappa shape index (κ1) is 14.5. The van der Waals surface area contributed by atoms with Crippen molar-refractivity contribution in [3.05, 3.63) is 0 Å². The van der Waals surface area contributed by atoms with Crippen LogP contribution in [0.2, 0.25) is 0 Å². The Labute approximate surface area is 94.1 Å². The predicted octanol–water partition coefficient (Wildman–Crippen LogP) is 3.95. The van der Waals surface area contributed by atoms with Crippen molar-refractivity contribution < 1.29 is 9.90 Å². The maximum absolute atomic E-state index is 11.5. The molecule has 0 saturated heterocycles. The van der Waals surface area contributed by atoms with Crippen LogP contribution >= 0.6 is 0 Å². The van der Waals surface area contributed by atoms with E-state index < -0.39 is 11.4 Å². The Morgan fingerprint density at radius 2 is 1.60 bits per heavy atom. The molecule has 1 N–H and O–H groups in total. The highest BCUT2D eigenvalue weighted by Gasteiger charge is 2.43.